The molecule has 0 aliphatic rings. The van der Waals surface area contributed by atoms with Crippen LogP contribution in [0.3, 0.4) is 0 Å². The Morgan fingerprint density at radius 2 is 1.54 bits per heavy atom. The molecule has 0 aliphatic heterocycles. The number of hydrogen-bond acceptors (Lipinski definition) is 2. The molecule has 72 valence electrons. The van der Waals surface area contributed by atoms with E-state index in [0.29, 0.717) is 0 Å². The lowest BCUT2D eigenvalue weighted by atomic mass is 10.1. The van der Waals surface area contributed by atoms with Gasteiger partial charge in [-0.2, -0.15) is 0 Å². The lowest BCUT2D eigenvalue weighted by Crippen LogP contribution is -2.03. The molecule has 0 aliphatic carbocycles. The number of carboxylic acid groups (broad SMARTS) is 1. The van der Waals surface area contributed by atoms with Gasteiger partial charge in [-0.15, -0.1) is 0 Å². The second-order valence-corrected chi connectivity index (χ2v) is 2.76. The van der Waals surface area contributed by atoms with E-state index in [4.69, 9.17) is 15.6 Å². The molecule has 0 saturated heterocycles. The van der Waals surface area contributed by atoms with Gasteiger partial charge in [0.05, 0.1) is 0 Å². The van der Waals surface area contributed by atoms with E-state index in [1.54, 1.807) is 0 Å². The van der Waals surface area contributed by atoms with Crippen molar-refractivity contribution in [3.05, 3.63) is 29.3 Å². The molecule has 1 amide bonds. The molecule has 1 rings (SSSR count). The Bertz CT molecular complexity index is 243. The number of primary amides is 1. The number of rotatable bonds is 0. The second-order valence-electron chi connectivity index (χ2n) is 2.76. The maximum atomic E-state index is 8.78. The van der Waals surface area contributed by atoms with Crippen molar-refractivity contribution in [2.75, 3.05) is 5.73 Å². The van der Waals surface area contributed by atoms with Crippen LogP contribution in [0.1, 0.15) is 11.1 Å². The predicted octanol–water partition coefficient (Wildman–Crippen LogP) is 1.51. The summed E-state index contributed by atoms with van der Waals surface area (Å²) >= 11 is 0. The highest BCUT2D eigenvalue weighted by molar-refractivity contribution is 5.61. The summed E-state index contributed by atoms with van der Waals surface area (Å²) < 4.78 is 0. The fraction of sp³-hybridized carbons (Fsp3) is 0.222. The number of benzene rings is 1. The molecule has 0 saturated carbocycles. The molecule has 13 heavy (non-hydrogen) atoms. The zero-order chi connectivity index (χ0) is 10.4. The first-order valence-corrected chi connectivity index (χ1v) is 3.74. The maximum Gasteiger partial charge on any atom is 0.402 e. The number of aryl methyl sites for hydroxylation is 2. The first-order chi connectivity index (χ1) is 5.91. The monoisotopic (exact) mass is 182 g/mol. The summed E-state index contributed by atoms with van der Waals surface area (Å²) in [5, 5.41) is 7.19. The molecule has 0 aromatic heterocycles. The minimum atomic E-state index is -1.33. The van der Waals surface area contributed by atoms with Crippen LogP contribution in [0.15, 0.2) is 18.2 Å². The van der Waals surface area contributed by atoms with E-state index in [1.165, 1.54) is 11.1 Å². The molecule has 5 N–H and O–H groups in total. The fourth-order valence-electron chi connectivity index (χ4n) is 1.01. The van der Waals surface area contributed by atoms with Crippen LogP contribution in [0.2, 0.25) is 0 Å². The summed E-state index contributed by atoms with van der Waals surface area (Å²) in [4.78, 5) is 8.78. The summed E-state index contributed by atoms with van der Waals surface area (Å²) in [5.41, 5.74) is 12.9. The minimum Gasteiger partial charge on any atom is -0.465 e. The van der Waals surface area contributed by atoms with Gasteiger partial charge in [-0.1, -0.05) is 6.07 Å². The minimum absolute atomic E-state index is 0.854. The predicted molar refractivity (Wildman–Crippen MR) is 52.5 cm³/mol. The van der Waals surface area contributed by atoms with Gasteiger partial charge in [-0.25, -0.2) is 4.79 Å². The fourth-order valence-corrected chi connectivity index (χ4v) is 1.01. The smallest absolute Gasteiger partial charge is 0.402 e. The van der Waals surface area contributed by atoms with Crippen molar-refractivity contribution in [3.8, 4) is 0 Å². The van der Waals surface area contributed by atoms with Crippen LogP contribution in [0.5, 0.6) is 0 Å². The summed E-state index contributed by atoms with van der Waals surface area (Å²) in [6, 6.07) is 6.04. The number of carbonyl (C=O) groups is 1. The van der Waals surface area contributed by atoms with E-state index in [9.17, 15) is 0 Å². The van der Waals surface area contributed by atoms with Gasteiger partial charge in [0.2, 0.25) is 0 Å². The summed E-state index contributed by atoms with van der Waals surface area (Å²) in [5.74, 6) is 0. The van der Waals surface area contributed by atoms with E-state index in [2.05, 4.69) is 11.8 Å². The number of hydrogen-bond donors (Lipinski definition) is 3. The average molecular weight is 182 g/mol. The van der Waals surface area contributed by atoms with Gasteiger partial charge < -0.3 is 16.6 Å². The number of anilines is 1. The van der Waals surface area contributed by atoms with Gasteiger partial charge in [0.25, 0.3) is 0 Å². The highest BCUT2D eigenvalue weighted by Gasteiger charge is 1.87. The first kappa shape index (κ1) is 11.3. The van der Waals surface area contributed by atoms with Crippen molar-refractivity contribution in [2.45, 2.75) is 13.8 Å². The van der Waals surface area contributed by atoms with Gasteiger partial charge in [0.1, 0.15) is 0 Å². The quantitative estimate of drug-likeness (QED) is 0.531. The van der Waals surface area contributed by atoms with Crippen molar-refractivity contribution in [1.29, 1.82) is 0 Å². The molecular formula is C9H14N2O2. The lowest BCUT2D eigenvalue weighted by Gasteiger charge is -1.97. The van der Waals surface area contributed by atoms with E-state index in [0.717, 1.165) is 5.69 Å². The van der Waals surface area contributed by atoms with Crippen molar-refractivity contribution < 1.29 is 9.90 Å². The molecule has 0 fully saturated rings. The first-order valence-electron chi connectivity index (χ1n) is 3.74. The van der Waals surface area contributed by atoms with E-state index < -0.39 is 6.09 Å². The van der Waals surface area contributed by atoms with Crippen molar-refractivity contribution >= 4 is 11.8 Å². The zero-order valence-corrected chi connectivity index (χ0v) is 7.74. The molecule has 0 heterocycles. The van der Waals surface area contributed by atoms with Crippen LogP contribution < -0.4 is 11.5 Å². The van der Waals surface area contributed by atoms with Gasteiger partial charge in [0.15, 0.2) is 0 Å². The SMILES string of the molecule is Cc1cc(C)cc(N)c1.NC(=O)O. The largest absolute Gasteiger partial charge is 0.465 e. The van der Waals surface area contributed by atoms with Crippen molar-refractivity contribution in [3.63, 3.8) is 0 Å². The van der Waals surface area contributed by atoms with Crippen LogP contribution in [0.4, 0.5) is 10.5 Å². The van der Waals surface area contributed by atoms with Gasteiger partial charge in [0, 0.05) is 5.69 Å². The highest BCUT2D eigenvalue weighted by Crippen LogP contribution is 2.08. The van der Waals surface area contributed by atoms with E-state index >= 15 is 0 Å². The molecule has 0 radical (unpaired) electrons. The third kappa shape index (κ3) is 6.68. The molecule has 1 aromatic rings. The second kappa shape index (κ2) is 5.03. The zero-order valence-electron chi connectivity index (χ0n) is 7.74. The number of nitrogens with two attached hydrogens (primary N) is 2. The summed E-state index contributed by atoms with van der Waals surface area (Å²) in [6.07, 6.45) is -1.33. The molecule has 4 nitrogen and oxygen atoms in total. The Balaban J connectivity index is 0.000000310. The molecule has 0 spiro atoms. The normalized spacial score (nSPS) is 8.46. The summed E-state index contributed by atoms with van der Waals surface area (Å²) in [7, 11) is 0. The maximum absolute atomic E-state index is 8.78. The molecule has 4 heteroatoms. The summed E-state index contributed by atoms with van der Waals surface area (Å²) in [6.45, 7) is 4.09. The van der Waals surface area contributed by atoms with E-state index in [-0.39, 0.29) is 0 Å². The van der Waals surface area contributed by atoms with Crippen molar-refractivity contribution in [1.82, 2.24) is 0 Å². The van der Waals surface area contributed by atoms with Crippen LogP contribution >= 0.6 is 0 Å². The highest BCUT2D eigenvalue weighted by atomic mass is 16.4. The van der Waals surface area contributed by atoms with Crippen LogP contribution in [-0.4, -0.2) is 11.2 Å². The Morgan fingerprint density at radius 3 is 1.77 bits per heavy atom. The van der Waals surface area contributed by atoms with Crippen LogP contribution in [0, 0.1) is 13.8 Å². The van der Waals surface area contributed by atoms with Gasteiger partial charge >= 0.3 is 6.09 Å². The van der Waals surface area contributed by atoms with Crippen LogP contribution in [0.25, 0.3) is 0 Å². The molecule has 0 atom stereocenters. The van der Waals surface area contributed by atoms with Crippen molar-refractivity contribution in [2.24, 2.45) is 5.73 Å². The Labute approximate surface area is 77.2 Å². The number of nitrogen functional groups attached to an aromatic ring is 1. The standard InChI is InChI=1S/C8H11N.CH3NO2/c1-6-3-7(2)5-8(9)4-6;2-1(3)4/h3-5H,9H2,1-2H3;2H2,(H,3,4). The molecule has 0 unspecified atom stereocenters. The molecule has 0 bridgehead atoms. The third-order valence-corrected chi connectivity index (χ3v) is 1.24. The average Bonchev–Trinajstić information content (AvgIpc) is 1.80. The van der Waals surface area contributed by atoms with Crippen LogP contribution in [-0.2, 0) is 0 Å². The number of amides is 1. The Hall–Kier alpha value is -1.71. The van der Waals surface area contributed by atoms with Gasteiger partial charge in [-0.05, 0) is 37.1 Å². The van der Waals surface area contributed by atoms with E-state index in [1.807, 2.05) is 26.0 Å². The third-order valence-electron chi connectivity index (χ3n) is 1.24. The van der Waals surface area contributed by atoms with Gasteiger partial charge in [-0.3, -0.25) is 0 Å². The molecule has 1 aromatic carbocycles. The Kier molecular flexibility index (Phi) is 4.37. The molecular weight excluding hydrogens is 168 g/mol. The lowest BCUT2D eigenvalue weighted by molar-refractivity contribution is 0.205. The topological polar surface area (TPSA) is 89.3 Å². The Morgan fingerprint density at radius 1 is 1.23 bits per heavy atom.